The molecular formula is C13H28N2O. The summed E-state index contributed by atoms with van der Waals surface area (Å²) in [7, 11) is 3.59. The Labute approximate surface area is 101 Å². The van der Waals surface area contributed by atoms with Gasteiger partial charge in [-0.05, 0) is 31.2 Å². The lowest BCUT2D eigenvalue weighted by molar-refractivity contribution is -0.130. The number of likely N-dealkylation sites (N-methyl/N-ethyl adjacent to an activating group) is 1. The molecule has 0 heterocycles. The van der Waals surface area contributed by atoms with Crippen molar-refractivity contribution in [1.29, 1.82) is 0 Å². The molecule has 1 amide bonds. The fourth-order valence-corrected chi connectivity index (χ4v) is 2.03. The van der Waals surface area contributed by atoms with Crippen LogP contribution in [0.5, 0.6) is 0 Å². The molecule has 0 fully saturated rings. The number of nitrogens with one attached hydrogen (secondary N) is 1. The molecule has 16 heavy (non-hydrogen) atoms. The van der Waals surface area contributed by atoms with Crippen molar-refractivity contribution in [2.45, 2.75) is 40.7 Å². The average Bonchev–Trinajstić information content (AvgIpc) is 2.15. The minimum atomic E-state index is -0.0880. The van der Waals surface area contributed by atoms with E-state index in [2.05, 4.69) is 33.0 Å². The first-order chi connectivity index (χ1) is 7.27. The van der Waals surface area contributed by atoms with Crippen molar-refractivity contribution in [3.05, 3.63) is 0 Å². The highest BCUT2D eigenvalue weighted by Crippen LogP contribution is 2.19. The second-order valence-corrected chi connectivity index (χ2v) is 5.51. The fourth-order valence-electron chi connectivity index (χ4n) is 2.03. The van der Waals surface area contributed by atoms with Crippen molar-refractivity contribution in [2.24, 2.45) is 17.8 Å². The molecule has 0 aliphatic rings. The topological polar surface area (TPSA) is 32.3 Å². The van der Waals surface area contributed by atoms with Gasteiger partial charge in [0.1, 0.15) is 0 Å². The van der Waals surface area contributed by atoms with E-state index in [0.29, 0.717) is 17.8 Å². The molecule has 0 aliphatic carbocycles. The Kier molecular flexibility index (Phi) is 6.65. The van der Waals surface area contributed by atoms with E-state index in [1.807, 2.05) is 6.92 Å². The van der Waals surface area contributed by atoms with Gasteiger partial charge in [0.25, 0.3) is 0 Å². The molecule has 0 aliphatic heterocycles. The van der Waals surface area contributed by atoms with Crippen molar-refractivity contribution in [3.63, 3.8) is 0 Å². The number of carbonyl (C=O) groups is 1. The molecule has 0 saturated carbocycles. The van der Waals surface area contributed by atoms with Crippen LogP contribution in [0.1, 0.15) is 34.6 Å². The summed E-state index contributed by atoms with van der Waals surface area (Å²) in [5.74, 6) is 2.06. The zero-order chi connectivity index (χ0) is 12.9. The standard InChI is InChI=1S/C13H28N2O/c1-9(2)12(10(3)4)8-14-11(5)13(16)15(6)7/h9-12,14H,8H2,1-7H3. The average molecular weight is 228 g/mol. The van der Waals surface area contributed by atoms with Crippen LogP contribution in [0.4, 0.5) is 0 Å². The van der Waals surface area contributed by atoms with Gasteiger partial charge in [-0.3, -0.25) is 4.79 Å². The third-order valence-electron chi connectivity index (χ3n) is 3.18. The van der Waals surface area contributed by atoms with Crippen LogP contribution in [-0.2, 0) is 4.79 Å². The number of hydrogen-bond donors (Lipinski definition) is 1. The van der Waals surface area contributed by atoms with E-state index in [9.17, 15) is 4.79 Å². The van der Waals surface area contributed by atoms with Gasteiger partial charge in [-0.25, -0.2) is 0 Å². The lowest BCUT2D eigenvalue weighted by atomic mass is 9.85. The highest BCUT2D eigenvalue weighted by Gasteiger charge is 2.20. The number of hydrogen-bond acceptors (Lipinski definition) is 2. The summed E-state index contributed by atoms with van der Waals surface area (Å²) in [4.78, 5) is 13.3. The lowest BCUT2D eigenvalue weighted by Crippen LogP contribution is -2.44. The molecule has 0 aromatic rings. The molecule has 3 nitrogen and oxygen atoms in total. The molecule has 0 aromatic carbocycles. The van der Waals surface area contributed by atoms with Gasteiger partial charge in [0, 0.05) is 14.1 Å². The largest absolute Gasteiger partial charge is 0.347 e. The first kappa shape index (κ1) is 15.4. The van der Waals surface area contributed by atoms with E-state index < -0.39 is 0 Å². The number of rotatable bonds is 6. The summed E-state index contributed by atoms with van der Waals surface area (Å²) in [5, 5.41) is 3.34. The normalized spacial score (nSPS) is 13.6. The van der Waals surface area contributed by atoms with Crippen molar-refractivity contribution >= 4 is 5.91 Å². The molecule has 3 heteroatoms. The first-order valence-corrected chi connectivity index (χ1v) is 6.21. The molecular weight excluding hydrogens is 200 g/mol. The van der Waals surface area contributed by atoms with Gasteiger partial charge in [-0.1, -0.05) is 27.7 Å². The highest BCUT2D eigenvalue weighted by atomic mass is 16.2. The summed E-state index contributed by atoms with van der Waals surface area (Å²) in [6, 6.07) is -0.0880. The Bertz CT molecular complexity index is 204. The predicted molar refractivity (Wildman–Crippen MR) is 69.3 cm³/mol. The molecule has 0 radical (unpaired) electrons. The van der Waals surface area contributed by atoms with Crippen LogP contribution in [-0.4, -0.2) is 37.5 Å². The maximum atomic E-state index is 11.7. The zero-order valence-electron chi connectivity index (χ0n) is 11.9. The number of carbonyl (C=O) groups excluding carboxylic acids is 1. The molecule has 1 unspecified atom stereocenters. The monoisotopic (exact) mass is 228 g/mol. The minimum Gasteiger partial charge on any atom is -0.347 e. The maximum absolute atomic E-state index is 11.7. The van der Waals surface area contributed by atoms with E-state index in [0.717, 1.165) is 6.54 Å². The van der Waals surface area contributed by atoms with Crippen molar-refractivity contribution in [1.82, 2.24) is 10.2 Å². The molecule has 1 atom stereocenters. The van der Waals surface area contributed by atoms with E-state index in [1.54, 1.807) is 19.0 Å². The molecule has 0 rings (SSSR count). The van der Waals surface area contributed by atoms with Gasteiger partial charge in [0.05, 0.1) is 6.04 Å². The Morgan fingerprint density at radius 2 is 1.50 bits per heavy atom. The molecule has 1 N–H and O–H groups in total. The van der Waals surface area contributed by atoms with Crippen LogP contribution in [0.3, 0.4) is 0 Å². The van der Waals surface area contributed by atoms with E-state index in [1.165, 1.54) is 0 Å². The van der Waals surface area contributed by atoms with E-state index in [4.69, 9.17) is 0 Å². The molecule has 0 spiro atoms. The van der Waals surface area contributed by atoms with Crippen LogP contribution in [0, 0.1) is 17.8 Å². The van der Waals surface area contributed by atoms with Gasteiger partial charge in [-0.15, -0.1) is 0 Å². The molecule has 96 valence electrons. The fraction of sp³-hybridized carbons (Fsp3) is 0.923. The quantitative estimate of drug-likeness (QED) is 0.754. The second kappa shape index (κ2) is 6.89. The van der Waals surface area contributed by atoms with Crippen LogP contribution in [0.2, 0.25) is 0 Å². The third kappa shape index (κ3) is 4.97. The number of nitrogens with zero attached hydrogens (tertiary/aromatic N) is 1. The highest BCUT2D eigenvalue weighted by molar-refractivity contribution is 5.80. The van der Waals surface area contributed by atoms with E-state index >= 15 is 0 Å². The van der Waals surface area contributed by atoms with Crippen LogP contribution in [0.25, 0.3) is 0 Å². The Hall–Kier alpha value is -0.570. The molecule has 0 aromatic heterocycles. The smallest absolute Gasteiger partial charge is 0.238 e. The summed E-state index contributed by atoms with van der Waals surface area (Å²) >= 11 is 0. The Balaban J connectivity index is 4.16. The van der Waals surface area contributed by atoms with Crippen LogP contribution in [0.15, 0.2) is 0 Å². The van der Waals surface area contributed by atoms with Crippen molar-refractivity contribution < 1.29 is 4.79 Å². The SMILES string of the molecule is CC(NCC(C(C)C)C(C)C)C(=O)N(C)C. The summed E-state index contributed by atoms with van der Waals surface area (Å²) in [5.41, 5.74) is 0. The second-order valence-electron chi connectivity index (χ2n) is 5.51. The lowest BCUT2D eigenvalue weighted by Gasteiger charge is -2.27. The van der Waals surface area contributed by atoms with Gasteiger partial charge < -0.3 is 10.2 Å². The van der Waals surface area contributed by atoms with Crippen molar-refractivity contribution in [2.75, 3.05) is 20.6 Å². The molecule has 0 bridgehead atoms. The summed E-state index contributed by atoms with van der Waals surface area (Å²) in [6.45, 7) is 11.8. The van der Waals surface area contributed by atoms with Crippen molar-refractivity contribution in [3.8, 4) is 0 Å². The van der Waals surface area contributed by atoms with Gasteiger partial charge in [-0.2, -0.15) is 0 Å². The molecule has 0 saturated heterocycles. The summed E-state index contributed by atoms with van der Waals surface area (Å²) < 4.78 is 0. The number of amides is 1. The van der Waals surface area contributed by atoms with Gasteiger partial charge >= 0.3 is 0 Å². The summed E-state index contributed by atoms with van der Waals surface area (Å²) in [6.07, 6.45) is 0. The van der Waals surface area contributed by atoms with Crippen LogP contribution < -0.4 is 5.32 Å². The maximum Gasteiger partial charge on any atom is 0.238 e. The van der Waals surface area contributed by atoms with E-state index in [-0.39, 0.29) is 11.9 Å². The van der Waals surface area contributed by atoms with Gasteiger partial charge in [0.15, 0.2) is 0 Å². The third-order valence-corrected chi connectivity index (χ3v) is 3.18. The van der Waals surface area contributed by atoms with Crippen LogP contribution >= 0.6 is 0 Å². The zero-order valence-corrected chi connectivity index (χ0v) is 11.9. The Morgan fingerprint density at radius 1 is 1.06 bits per heavy atom. The predicted octanol–water partition coefficient (Wildman–Crippen LogP) is 1.98. The first-order valence-electron chi connectivity index (χ1n) is 6.21. The Morgan fingerprint density at radius 3 is 1.81 bits per heavy atom. The minimum absolute atomic E-state index is 0.0880. The van der Waals surface area contributed by atoms with Gasteiger partial charge in [0.2, 0.25) is 5.91 Å².